The molecule has 4 heterocycles. The summed E-state index contributed by atoms with van der Waals surface area (Å²) in [5.41, 5.74) is 1.32. The molecule has 0 saturated carbocycles. The lowest BCUT2D eigenvalue weighted by atomic mass is 10.3. The van der Waals surface area contributed by atoms with E-state index in [0.717, 1.165) is 13.0 Å². The first-order chi connectivity index (χ1) is 11.8. The van der Waals surface area contributed by atoms with Crippen molar-refractivity contribution in [1.29, 1.82) is 0 Å². The molecule has 0 aromatic carbocycles. The largest absolute Gasteiger partial charge is 0.379 e. The Morgan fingerprint density at radius 2 is 2.33 bits per heavy atom. The fourth-order valence-electron chi connectivity index (χ4n) is 2.43. The van der Waals surface area contributed by atoms with Gasteiger partial charge >= 0.3 is 0 Å². The summed E-state index contributed by atoms with van der Waals surface area (Å²) >= 11 is 1.20. The first-order valence-corrected chi connectivity index (χ1v) is 8.29. The highest BCUT2D eigenvalue weighted by molar-refractivity contribution is 7.16. The molecule has 1 atom stereocenters. The number of anilines is 1. The van der Waals surface area contributed by atoms with Gasteiger partial charge in [-0.1, -0.05) is 17.4 Å². The van der Waals surface area contributed by atoms with Gasteiger partial charge in [0.05, 0.1) is 24.5 Å². The predicted molar refractivity (Wildman–Crippen MR) is 87.8 cm³/mol. The number of carbonyl (C=O) groups is 1. The summed E-state index contributed by atoms with van der Waals surface area (Å²) in [5.74, 6) is -0.308. The van der Waals surface area contributed by atoms with Gasteiger partial charge in [0.15, 0.2) is 5.01 Å². The van der Waals surface area contributed by atoms with Crippen molar-refractivity contribution in [3.05, 3.63) is 41.8 Å². The van der Waals surface area contributed by atoms with Crippen LogP contribution in [0.15, 0.2) is 36.8 Å². The van der Waals surface area contributed by atoms with Crippen LogP contribution in [0.3, 0.4) is 0 Å². The van der Waals surface area contributed by atoms with Crippen LogP contribution in [0.1, 0.15) is 22.3 Å². The molecule has 1 amide bonds. The van der Waals surface area contributed by atoms with Crippen molar-refractivity contribution in [2.24, 2.45) is 0 Å². The van der Waals surface area contributed by atoms with Crippen LogP contribution >= 0.6 is 11.3 Å². The highest BCUT2D eigenvalue weighted by atomic mass is 32.1. The van der Waals surface area contributed by atoms with Crippen LogP contribution in [0.25, 0.3) is 10.7 Å². The molecule has 1 saturated heterocycles. The van der Waals surface area contributed by atoms with Gasteiger partial charge in [-0.15, -0.1) is 10.2 Å². The number of nitrogens with zero attached hydrogens (tertiary/aromatic N) is 5. The molecule has 122 valence electrons. The second-order valence-electron chi connectivity index (χ2n) is 5.31. The van der Waals surface area contributed by atoms with Crippen molar-refractivity contribution in [2.75, 3.05) is 18.5 Å². The fraction of sp³-hybridized carbons (Fsp3) is 0.267. The van der Waals surface area contributed by atoms with E-state index in [0.29, 0.717) is 23.0 Å². The molecule has 1 aliphatic rings. The Hall–Kier alpha value is -2.65. The number of ether oxygens (including phenoxy) is 1. The molecule has 1 fully saturated rings. The van der Waals surface area contributed by atoms with Gasteiger partial charge in [0, 0.05) is 19.0 Å². The van der Waals surface area contributed by atoms with E-state index in [9.17, 15) is 4.79 Å². The van der Waals surface area contributed by atoms with Crippen molar-refractivity contribution in [2.45, 2.75) is 12.5 Å². The Morgan fingerprint density at radius 3 is 3.12 bits per heavy atom. The molecule has 3 aromatic heterocycles. The number of pyridine rings is 1. The van der Waals surface area contributed by atoms with Crippen LogP contribution in [0, 0.1) is 0 Å². The molecule has 1 aliphatic heterocycles. The molecule has 1 unspecified atom stereocenters. The van der Waals surface area contributed by atoms with Crippen LogP contribution in [-0.2, 0) is 4.74 Å². The van der Waals surface area contributed by atoms with E-state index >= 15 is 0 Å². The Morgan fingerprint density at radius 1 is 1.38 bits per heavy atom. The summed E-state index contributed by atoms with van der Waals surface area (Å²) in [7, 11) is 0. The average Bonchev–Trinajstić information content (AvgIpc) is 3.36. The van der Waals surface area contributed by atoms with Crippen LogP contribution in [0.4, 0.5) is 5.69 Å². The number of amides is 1. The smallest absolute Gasteiger partial charge is 0.286 e. The molecule has 4 rings (SSSR count). The maximum Gasteiger partial charge on any atom is 0.286 e. The summed E-state index contributed by atoms with van der Waals surface area (Å²) in [6.45, 7) is 1.40. The number of rotatable bonds is 4. The van der Waals surface area contributed by atoms with Gasteiger partial charge < -0.3 is 10.1 Å². The van der Waals surface area contributed by atoms with Gasteiger partial charge in [0.2, 0.25) is 5.01 Å². The summed E-state index contributed by atoms with van der Waals surface area (Å²) < 4.78 is 7.17. The highest BCUT2D eigenvalue weighted by Crippen LogP contribution is 2.23. The molecular weight excluding hydrogens is 328 g/mol. The number of hydrogen-bond acceptors (Lipinski definition) is 7. The van der Waals surface area contributed by atoms with Gasteiger partial charge in [-0.2, -0.15) is 5.10 Å². The minimum absolute atomic E-state index is 0.230. The third kappa shape index (κ3) is 3.03. The number of carbonyl (C=O) groups excluding carboxylic acids is 1. The van der Waals surface area contributed by atoms with Gasteiger partial charge in [0.1, 0.15) is 5.69 Å². The topological polar surface area (TPSA) is 94.8 Å². The normalized spacial score (nSPS) is 17.1. The Labute approximate surface area is 141 Å². The standard InChI is InChI=1S/C15H14N6O2S/c22-13(15-20-19-14(24-15)12-3-1-2-5-16-12)18-10-7-17-21(8-10)11-4-6-23-9-11/h1-3,5,7-8,11H,4,6,9H2,(H,18,22). The van der Waals surface area contributed by atoms with Gasteiger partial charge in [-0.25, -0.2) is 0 Å². The van der Waals surface area contributed by atoms with Gasteiger partial charge in [-0.3, -0.25) is 14.5 Å². The highest BCUT2D eigenvalue weighted by Gasteiger charge is 2.19. The van der Waals surface area contributed by atoms with E-state index in [-0.39, 0.29) is 17.0 Å². The zero-order valence-electron chi connectivity index (χ0n) is 12.6. The predicted octanol–water partition coefficient (Wildman–Crippen LogP) is 2.01. The zero-order valence-corrected chi connectivity index (χ0v) is 13.4. The van der Waals surface area contributed by atoms with E-state index in [4.69, 9.17) is 4.74 Å². The van der Waals surface area contributed by atoms with E-state index in [1.807, 2.05) is 22.9 Å². The average molecular weight is 342 g/mol. The van der Waals surface area contributed by atoms with Crippen molar-refractivity contribution in [1.82, 2.24) is 25.0 Å². The second kappa shape index (κ2) is 6.46. The molecular formula is C15H14N6O2S. The molecule has 24 heavy (non-hydrogen) atoms. The van der Waals surface area contributed by atoms with E-state index in [1.54, 1.807) is 18.6 Å². The Kier molecular flexibility index (Phi) is 4.01. The third-order valence-electron chi connectivity index (χ3n) is 3.64. The van der Waals surface area contributed by atoms with Crippen molar-refractivity contribution >= 4 is 22.9 Å². The second-order valence-corrected chi connectivity index (χ2v) is 6.29. The maximum atomic E-state index is 12.3. The molecule has 1 N–H and O–H groups in total. The fourth-order valence-corrected chi connectivity index (χ4v) is 3.14. The lowest BCUT2D eigenvalue weighted by Crippen LogP contribution is -2.11. The first-order valence-electron chi connectivity index (χ1n) is 7.48. The lowest BCUT2D eigenvalue weighted by Gasteiger charge is -2.06. The SMILES string of the molecule is O=C(Nc1cnn(C2CCOC2)c1)c1nnc(-c2ccccn2)s1. The Balaban J connectivity index is 1.46. The van der Waals surface area contributed by atoms with E-state index in [1.165, 1.54) is 11.3 Å². The van der Waals surface area contributed by atoms with Crippen LogP contribution < -0.4 is 5.32 Å². The first kappa shape index (κ1) is 14.9. The maximum absolute atomic E-state index is 12.3. The number of hydrogen-bond donors (Lipinski definition) is 1. The molecule has 9 heteroatoms. The van der Waals surface area contributed by atoms with Crippen molar-refractivity contribution in [3.63, 3.8) is 0 Å². The minimum Gasteiger partial charge on any atom is -0.379 e. The molecule has 3 aromatic rings. The number of nitrogens with one attached hydrogen (secondary N) is 1. The summed E-state index contributed by atoms with van der Waals surface area (Å²) in [4.78, 5) is 16.5. The quantitative estimate of drug-likeness (QED) is 0.779. The lowest BCUT2D eigenvalue weighted by molar-refractivity contribution is 0.102. The van der Waals surface area contributed by atoms with Crippen LogP contribution in [-0.4, -0.2) is 44.1 Å². The van der Waals surface area contributed by atoms with Crippen molar-refractivity contribution in [3.8, 4) is 10.7 Å². The zero-order chi connectivity index (χ0) is 16.4. The van der Waals surface area contributed by atoms with Crippen LogP contribution in [0.5, 0.6) is 0 Å². The summed E-state index contributed by atoms with van der Waals surface area (Å²) in [6.07, 6.45) is 6.03. The van der Waals surface area contributed by atoms with E-state index in [2.05, 4.69) is 25.6 Å². The Bertz CT molecular complexity index is 841. The van der Waals surface area contributed by atoms with Gasteiger partial charge in [0.25, 0.3) is 5.91 Å². The molecule has 8 nitrogen and oxygen atoms in total. The molecule has 0 aliphatic carbocycles. The summed E-state index contributed by atoms with van der Waals surface area (Å²) in [5, 5.41) is 15.9. The minimum atomic E-state index is -0.308. The summed E-state index contributed by atoms with van der Waals surface area (Å²) in [6, 6.07) is 5.75. The molecule has 0 spiro atoms. The van der Waals surface area contributed by atoms with Gasteiger partial charge in [-0.05, 0) is 18.6 Å². The van der Waals surface area contributed by atoms with E-state index < -0.39 is 0 Å². The van der Waals surface area contributed by atoms with Crippen LogP contribution in [0.2, 0.25) is 0 Å². The molecule has 0 radical (unpaired) electrons. The van der Waals surface area contributed by atoms with Crippen molar-refractivity contribution < 1.29 is 9.53 Å². The number of aromatic nitrogens is 5. The monoisotopic (exact) mass is 342 g/mol. The molecule has 0 bridgehead atoms. The third-order valence-corrected chi connectivity index (χ3v) is 4.59.